The van der Waals surface area contributed by atoms with Gasteiger partial charge < -0.3 is 10.2 Å². The SMILES string of the molecule is FC(F)(F)C1CCN(c2ccc3ccccc3n2)CCN1. The molecule has 3 nitrogen and oxygen atoms in total. The van der Waals surface area contributed by atoms with E-state index in [4.69, 9.17) is 0 Å². The fraction of sp³-hybridized carbons (Fsp3) is 0.400. The standard InChI is InChI=1S/C15H16F3N3/c16-15(17,18)13-7-9-21(10-8-19-13)14-6-5-11-3-1-2-4-12(11)20-14/h1-6,13,19H,7-10H2. The third-order valence-corrected chi connectivity index (χ3v) is 3.76. The Morgan fingerprint density at radius 1 is 1.10 bits per heavy atom. The zero-order chi connectivity index (χ0) is 14.9. The van der Waals surface area contributed by atoms with E-state index < -0.39 is 12.2 Å². The van der Waals surface area contributed by atoms with Crippen molar-refractivity contribution in [3.8, 4) is 0 Å². The molecule has 0 spiro atoms. The van der Waals surface area contributed by atoms with E-state index in [0.717, 1.165) is 16.7 Å². The maximum absolute atomic E-state index is 12.8. The molecule has 2 aromatic rings. The lowest BCUT2D eigenvalue weighted by atomic mass is 10.2. The molecular weight excluding hydrogens is 279 g/mol. The first-order chi connectivity index (χ1) is 10.0. The van der Waals surface area contributed by atoms with E-state index in [9.17, 15) is 13.2 Å². The molecule has 1 aliphatic rings. The number of benzene rings is 1. The van der Waals surface area contributed by atoms with Gasteiger partial charge in [-0.3, -0.25) is 0 Å². The van der Waals surface area contributed by atoms with Crippen LogP contribution in [-0.4, -0.2) is 36.8 Å². The zero-order valence-electron chi connectivity index (χ0n) is 11.4. The van der Waals surface area contributed by atoms with Gasteiger partial charge in [0.1, 0.15) is 11.9 Å². The highest BCUT2D eigenvalue weighted by Gasteiger charge is 2.40. The Labute approximate surface area is 120 Å². The summed E-state index contributed by atoms with van der Waals surface area (Å²) in [5, 5.41) is 3.59. The van der Waals surface area contributed by atoms with Crippen molar-refractivity contribution in [1.29, 1.82) is 0 Å². The molecule has 0 bridgehead atoms. The number of hydrogen-bond donors (Lipinski definition) is 1. The van der Waals surface area contributed by atoms with Gasteiger partial charge in [0.05, 0.1) is 5.52 Å². The predicted molar refractivity (Wildman–Crippen MR) is 76.4 cm³/mol. The van der Waals surface area contributed by atoms with E-state index >= 15 is 0 Å². The number of nitrogens with zero attached hydrogens (tertiary/aromatic N) is 2. The molecule has 21 heavy (non-hydrogen) atoms. The number of anilines is 1. The van der Waals surface area contributed by atoms with E-state index in [2.05, 4.69) is 10.3 Å². The van der Waals surface area contributed by atoms with Crippen molar-refractivity contribution in [2.75, 3.05) is 24.5 Å². The number of rotatable bonds is 1. The van der Waals surface area contributed by atoms with Crippen LogP contribution in [0.3, 0.4) is 0 Å². The Hall–Kier alpha value is -1.82. The zero-order valence-corrected chi connectivity index (χ0v) is 11.4. The molecule has 1 saturated heterocycles. The summed E-state index contributed by atoms with van der Waals surface area (Å²) in [6.07, 6.45) is -4.15. The minimum atomic E-state index is -4.19. The number of nitrogens with one attached hydrogen (secondary N) is 1. The lowest BCUT2D eigenvalue weighted by Crippen LogP contribution is -2.42. The topological polar surface area (TPSA) is 28.2 Å². The second kappa shape index (κ2) is 5.52. The number of aromatic nitrogens is 1. The molecule has 0 radical (unpaired) electrons. The average Bonchev–Trinajstić information content (AvgIpc) is 2.72. The average molecular weight is 295 g/mol. The van der Waals surface area contributed by atoms with Crippen LogP contribution in [0.2, 0.25) is 0 Å². The van der Waals surface area contributed by atoms with Crippen LogP contribution in [0.4, 0.5) is 19.0 Å². The molecule has 1 atom stereocenters. The molecule has 1 N–H and O–H groups in total. The Bertz CT molecular complexity index is 627. The number of para-hydroxylation sites is 1. The van der Waals surface area contributed by atoms with Crippen LogP contribution >= 0.6 is 0 Å². The number of hydrogen-bond acceptors (Lipinski definition) is 3. The quantitative estimate of drug-likeness (QED) is 0.876. The second-order valence-electron chi connectivity index (χ2n) is 5.19. The summed E-state index contributed by atoms with van der Waals surface area (Å²) in [5.74, 6) is 0.735. The van der Waals surface area contributed by atoms with Gasteiger partial charge in [0.25, 0.3) is 0 Å². The Kier molecular flexibility index (Phi) is 3.71. The summed E-state index contributed by atoms with van der Waals surface area (Å²) < 4.78 is 38.3. The van der Waals surface area contributed by atoms with Gasteiger partial charge in [0.15, 0.2) is 0 Å². The minimum Gasteiger partial charge on any atom is -0.355 e. The Morgan fingerprint density at radius 2 is 1.90 bits per heavy atom. The molecule has 112 valence electrons. The number of pyridine rings is 1. The van der Waals surface area contributed by atoms with E-state index in [1.165, 1.54) is 0 Å². The third kappa shape index (κ3) is 3.10. The van der Waals surface area contributed by atoms with Crippen molar-refractivity contribution in [1.82, 2.24) is 10.3 Å². The highest BCUT2D eigenvalue weighted by Crippen LogP contribution is 2.25. The van der Waals surface area contributed by atoms with Gasteiger partial charge in [-0.25, -0.2) is 4.98 Å². The number of halogens is 3. The molecule has 0 saturated carbocycles. The summed E-state index contributed by atoms with van der Waals surface area (Å²) in [4.78, 5) is 6.45. The monoisotopic (exact) mass is 295 g/mol. The summed E-state index contributed by atoms with van der Waals surface area (Å²) in [6.45, 7) is 1.18. The molecular formula is C15H16F3N3. The van der Waals surface area contributed by atoms with E-state index in [0.29, 0.717) is 19.6 Å². The normalized spacial score (nSPS) is 20.5. The fourth-order valence-corrected chi connectivity index (χ4v) is 2.61. The maximum atomic E-state index is 12.8. The van der Waals surface area contributed by atoms with Gasteiger partial charge in [-0.05, 0) is 24.6 Å². The third-order valence-electron chi connectivity index (χ3n) is 3.76. The molecule has 1 unspecified atom stereocenters. The lowest BCUT2D eigenvalue weighted by molar-refractivity contribution is -0.155. The molecule has 2 heterocycles. The number of alkyl halides is 3. The fourth-order valence-electron chi connectivity index (χ4n) is 2.61. The van der Waals surface area contributed by atoms with Crippen LogP contribution in [0.5, 0.6) is 0 Å². The first-order valence-corrected chi connectivity index (χ1v) is 6.95. The molecule has 3 rings (SSSR count). The molecule has 1 aromatic heterocycles. The van der Waals surface area contributed by atoms with Crippen molar-refractivity contribution in [3.63, 3.8) is 0 Å². The highest BCUT2D eigenvalue weighted by molar-refractivity contribution is 5.80. The van der Waals surface area contributed by atoms with Crippen molar-refractivity contribution in [2.45, 2.75) is 18.6 Å². The number of fused-ring (bicyclic) bond motifs is 1. The van der Waals surface area contributed by atoms with Crippen LogP contribution in [0, 0.1) is 0 Å². The van der Waals surface area contributed by atoms with Crippen LogP contribution in [0.1, 0.15) is 6.42 Å². The van der Waals surface area contributed by atoms with Crippen molar-refractivity contribution >= 4 is 16.7 Å². The van der Waals surface area contributed by atoms with Gasteiger partial charge in [-0.2, -0.15) is 13.2 Å². The van der Waals surface area contributed by atoms with Gasteiger partial charge >= 0.3 is 6.18 Å². The molecule has 1 aromatic carbocycles. The maximum Gasteiger partial charge on any atom is 0.403 e. The van der Waals surface area contributed by atoms with Gasteiger partial charge in [-0.15, -0.1) is 0 Å². The van der Waals surface area contributed by atoms with Crippen molar-refractivity contribution in [2.24, 2.45) is 0 Å². The molecule has 1 fully saturated rings. The van der Waals surface area contributed by atoms with Crippen LogP contribution in [0.15, 0.2) is 36.4 Å². The van der Waals surface area contributed by atoms with Crippen LogP contribution in [-0.2, 0) is 0 Å². The summed E-state index contributed by atoms with van der Waals surface area (Å²) >= 11 is 0. The molecule has 1 aliphatic heterocycles. The highest BCUT2D eigenvalue weighted by atomic mass is 19.4. The van der Waals surface area contributed by atoms with Crippen molar-refractivity contribution < 1.29 is 13.2 Å². The minimum absolute atomic E-state index is 0.0397. The molecule has 0 aliphatic carbocycles. The smallest absolute Gasteiger partial charge is 0.355 e. The Balaban J connectivity index is 1.79. The second-order valence-corrected chi connectivity index (χ2v) is 5.19. The van der Waals surface area contributed by atoms with E-state index in [-0.39, 0.29) is 6.42 Å². The summed E-state index contributed by atoms with van der Waals surface area (Å²) in [6, 6.07) is 10.1. The molecule has 0 amide bonds. The van der Waals surface area contributed by atoms with Crippen LogP contribution < -0.4 is 10.2 Å². The van der Waals surface area contributed by atoms with E-state index in [1.807, 2.05) is 41.3 Å². The summed E-state index contributed by atoms with van der Waals surface area (Å²) in [7, 11) is 0. The first kappa shape index (κ1) is 14.1. The van der Waals surface area contributed by atoms with Crippen molar-refractivity contribution in [3.05, 3.63) is 36.4 Å². The summed E-state index contributed by atoms with van der Waals surface area (Å²) in [5.41, 5.74) is 0.861. The molecule has 6 heteroatoms. The Morgan fingerprint density at radius 3 is 2.71 bits per heavy atom. The first-order valence-electron chi connectivity index (χ1n) is 6.95. The van der Waals surface area contributed by atoms with Gasteiger partial charge in [0, 0.05) is 25.0 Å². The van der Waals surface area contributed by atoms with E-state index in [1.54, 1.807) is 0 Å². The van der Waals surface area contributed by atoms with Crippen LogP contribution in [0.25, 0.3) is 10.9 Å². The van der Waals surface area contributed by atoms with Gasteiger partial charge in [0.2, 0.25) is 0 Å². The largest absolute Gasteiger partial charge is 0.403 e. The van der Waals surface area contributed by atoms with Gasteiger partial charge in [-0.1, -0.05) is 18.2 Å². The lowest BCUT2D eigenvalue weighted by Gasteiger charge is -2.22. The predicted octanol–water partition coefficient (Wildman–Crippen LogP) is 2.97.